The van der Waals surface area contributed by atoms with Crippen LogP contribution in [0.25, 0.3) is 17.1 Å². The van der Waals surface area contributed by atoms with Crippen LogP contribution in [0, 0.1) is 0 Å². The molecule has 3 aromatic rings. The number of aromatic nitrogens is 4. The van der Waals surface area contributed by atoms with Crippen molar-refractivity contribution < 1.29 is 23.1 Å². The van der Waals surface area contributed by atoms with E-state index in [0.29, 0.717) is 30.3 Å². The first-order valence-electron chi connectivity index (χ1n) is 8.74. The first-order valence-corrected chi connectivity index (χ1v) is 10.2. The summed E-state index contributed by atoms with van der Waals surface area (Å²) in [5.41, 5.74) is 1.23. The van der Waals surface area contributed by atoms with Gasteiger partial charge in [0.2, 0.25) is 10.0 Å². The van der Waals surface area contributed by atoms with E-state index in [9.17, 15) is 18.3 Å². The monoisotopic (exact) mass is 415 g/mol. The average Bonchev–Trinajstić information content (AvgIpc) is 3.25. The number of hydrogen-bond donors (Lipinski definition) is 1. The van der Waals surface area contributed by atoms with Crippen LogP contribution in [-0.4, -0.2) is 69.9 Å². The minimum absolute atomic E-state index is 0.106. The molecule has 1 saturated heterocycles. The highest BCUT2D eigenvalue weighted by molar-refractivity contribution is 7.89. The lowest BCUT2D eigenvalue weighted by Gasteiger charge is -2.26. The van der Waals surface area contributed by atoms with Crippen molar-refractivity contribution in [3.63, 3.8) is 0 Å². The molecule has 0 radical (unpaired) electrons. The summed E-state index contributed by atoms with van der Waals surface area (Å²) in [6, 6.07) is 5.62. The maximum Gasteiger partial charge on any atom is 0.335 e. The summed E-state index contributed by atoms with van der Waals surface area (Å²) in [6.07, 6.45) is 6.23. The summed E-state index contributed by atoms with van der Waals surface area (Å²) in [4.78, 5) is 19.7. The van der Waals surface area contributed by atoms with Gasteiger partial charge < -0.3 is 9.84 Å². The molecule has 29 heavy (non-hydrogen) atoms. The lowest BCUT2D eigenvalue weighted by molar-refractivity contribution is 0.0696. The molecule has 4 rings (SSSR count). The number of hydrogen-bond acceptors (Lipinski definition) is 7. The lowest BCUT2D eigenvalue weighted by atomic mass is 10.2. The number of carboxylic acid groups (broad SMARTS) is 1. The number of benzene rings is 1. The average molecular weight is 415 g/mol. The summed E-state index contributed by atoms with van der Waals surface area (Å²) in [6.45, 7) is 1.03. The normalized spacial score (nSPS) is 15.3. The first kappa shape index (κ1) is 19.2. The quantitative estimate of drug-likeness (QED) is 0.655. The smallest absolute Gasteiger partial charge is 0.335 e. The summed E-state index contributed by atoms with van der Waals surface area (Å²) >= 11 is 0. The summed E-state index contributed by atoms with van der Waals surface area (Å²) in [7, 11) is -3.87. The van der Waals surface area contributed by atoms with Gasteiger partial charge in [-0.1, -0.05) is 0 Å². The van der Waals surface area contributed by atoms with Gasteiger partial charge in [0.1, 0.15) is 11.4 Å². The second-order valence-corrected chi connectivity index (χ2v) is 8.21. The predicted molar refractivity (Wildman–Crippen MR) is 101 cm³/mol. The molecule has 3 heterocycles. The Hall–Kier alpha value is -3.15. The maximum absolute atomic E-state index is 13.0. The van der Waals surface area contributed by atoms with E-state index in [1.165, 1.54) is 27.3 Å². The molecule has 1 aromatic carbocycles. The number of nitrogens with zero attached hydrogens (tertiary/aromatic N) is 5. The Morgan fingerprint density at radius 3 is 2.59 bits per heavy atom. The van der Waals surface area contributed by atoms with Crippen LogP contribution in [0.3, 0.4) is 0 Å². The molecule has 0 aliphatic carbocycles. The molecule has 0 spiro atoms. The third-order valence-electron chi connectivity index (χ3n) is 4.43. The highest BCUT2D eigenvalue weighted by Crippen LogP contribution is 2.23. The SMILES string of the molecule is O=C(O)c1cc(-n2ccc(-c3cnccn3)n2)cc(S(=O)(=O)N2CCOCC2)c1. The second kappa shape index (κ2) is 7.70. The van der Waals surface area contributed by atoms with Gasteiger partial charge in [-0.15, -0.1) is 0 Å². The molecule has 0 saturated carbocycles. The Bertz CT molecular complexity index is 1140. The minimum atomic E-state index is -3.87. The zero-order chi connectivity index (χ0) is 20.4. The van der Waals surface area contributed by atoms with Crippen LogP contribution >= 0.6 is 0 Å². The summed E-state index contributed by atoms with van der Waals surface area (Å²) in [5, 5.41) is 13.8. The number of aromatic carboxylic acids is 1. The van der Waals surface area contributed by atoms with Gasteiger partial charge in [-0.25, -0.2) is 17.9 Å². The molecule has 0 amide bonds. The fourth-order valence-electron chi connectivity index (χ4n) is 2.96. The van der Waals surface area contributed by atoms with Crippen LogP contribution in [0.5, 0.6) is 0 Å². The van der Waals surface area contributed by atoms with E-state index >= 15 is 0 Å². The predicted octanol–water partition coefficient (Wildman–Crippen LogP) is 1.05. The van der Waals surface area contributed by atoms with Crippen molar-refractivity contribution in [2.24, 2.45) is 0 Å². The second-order valence-electron chi connectivity index (χ2n) is 6.27. The van der Waals surface area contributed by atoms with Gasteiger partial charge in [-0.05, 0) is 24.3 Å². The molecule has 0 atom stereocenters. The van der Waals surface area contributed by atoms with Crippen LogP contribution in [0.1, 0.15) is 10.4 Å². The van der Waals surface area contributed by atoms with Crippen LogP contribution in [0.4, 0.5) is 0 Å². The Kier molecular flexibility index (Phi) is 5.09. The van der Waals surface area contributed by atoms with E-state index < -0.39 is 16.0 Å². The van der Waals surface area contributed by atoms with E-state index in [1.807, 2.05) is 0 Å². The number of sulfonamides is 1. The van der Waals surface area contributed by atoms with Crippen LogP contribution in [0.15, 0.2) is 53.9 Å². The third kappa shape index (κ3) is 3.88. The van der Waals surface area contributed by atoms with E-state index in [1.54, 1.807) is 24.7 Å². The molecule has 2 aromatic heterocycles. The van der Waals surface area contributed by atoms with Gasteiger partial charge in [0, 0.05) is 31.7 Å². The Labute approximate surface area is 166 Å². The van der Waals surface area contributed by atoms with Crippen molar-refractivity contribution in [1.82, 2.24) is 24.1 Å². The Morgan fingerprint density at radius 1 is 1.10 bits per heavy atom. The Morgan fingerprint density at radius 2 is 1.90 bits per heavy atom. The molecule has 11 heteroatoms. The summed E-state index contributed by atoms with van der Waals surface area (Å²) < 4.78 is 33.9. The van der Waals surface area contributed by atoms with Gasteiger partial charge in [0.05, 0.1) is 35.6 Å². The number of carbonyl (C=O) groups is 1. The van der Waals surface area contributed by atoms with Crippen molar-refractivity contribution in [3.05, 3.63) is 54.6 Å². The van der Waals surface area contributed by atoms with Crippen molar-refractivity contribution in [2.75, 3.05) is 26.3 Å². The molecule has 1 aliphatic heterocycles. The van der Waals surface area contributed by atoms with Crippen LogP contribution in [0.2, 0.25) is 0 Å². The van der Waals surface area contributed by atoms with Gasteiger partial charge in [-0.3, -0.25) is 9.97 Å². The largest absolute Gasteiger partial charge is 0.478 e. The molecule has 10 nitrogen and oxygen atoms in total. The topological polar surface area (TPSA) is 128 Å². The van der Waals surface area contributed by atoms with E-state index in [-0.39, 0.29) is 23.5 Å². The van der Waals surface area contributed by atoms with Gasteiger partial charge >= 0.3 is 5.97 Å². The fraction of sp³-hybridized carbons (Fsp3) is 0.222. The zero-order valence-corrected chi connectivity index (χ0v) is 16.0. The standard InChI is InChI=1S/C18H17N5O5S/c24-18(25)13-9-14(23-4-1-16(21-23)17-12-19-2-3-20-17)11-15(10-13)29(26,27)22-5-7-28-8-6-22/h1-4,9-12H,5-8H2,(H,24,25). The highest BCUT2D eigenvalue weighted by Gasteiger charge is 2.28. The third-order valence-corrected chi connectivity index (χ3v) is 6.30. The van der Waals surface area contributed by atoms with Gasteiger partial charge in [-0.2, -0.15) is 9.40 Å². The maximum atomic E-state index is 13.0. The van der Waals surface area contributed by atoms with E-state index in [0.717, 1.165) is 6.07 Å². The first-order chi connectivity index (χ1) is 13.9. The van der Waals surface area contributed by atoms with Gasteiger partial charge in [0.25, 0.3) is 0 Å². The van der Waals surface area contributed by atoms with Gasteiger partial charge in [0.15, 0.2) is 0 Å². The molecule has 1 fully saturated rings. The Balaban J connectivity index is 1.77. The van der Waals surface area contributed by atoms with Crippen molar-refractivity contribution in [1.29, 1.82) is 0 Å². The number of morpholine rings is 1. The zero-order valence-electron chi connectivity index (χ0n) is 15.2. The van der Waals surface area contributed by atoms with Crippen LogP contribution in [-0.2, 0) is 14.8 Å². The fourth-order valence-corrected chi connectivity index (χ4v) is 4.43. The van der Waals surface area contributed by atoms with Crippen molar-refractivity contribution >= 4 is 16.0 Å². The number of ether oxygens (including phenoxy) is 1. The van der Waals surface area contributed by atoms with E-state index in [4.69, 9.17) is 4.74 Å². The number of rotatable bonds is 5. The highest BCUT2D eigenvalue weighted by atomic mass is 32.2. The van der Waals surface area contributed by atoms with Crippen molar-refractivity contribution in [3.8, 4) is 17.1 Å². The summed E-state index contributed by atoms with van der Waals surface area (Å²) in [5.74, 6) is -1.23. The molecule has 1 N–H and O–H groups in total. The number of carboxylic acids is 1. The van der Waals surface area contributed by atoms with Crippen LogP contribution < -0.4 is 0 Å². The molecular formula is C18H17N5O5S. The molecule has 150 valence electrons. The minimum Gasteiger partial charge on any atom is -0.478 e. The molecule has 0 bridgehead atoms. The molecular weight excluding hydrogens is 398 g/mol. The molecule has 0 unspecified atom stereocenters. The van der Waals surface area contributed by atoms with E-state index in [2.05, 4.69) is 15.1 Å². The van der Waals surface area contributed by atoms with Crippen molar-refractivity contribution in [2.45, 2.75) is 4.90 Å². The lowest BCUT2D eigenvalue weighted by Crippen LogP contribution is -2.40. The molecule has 1 aliphatic rings.